The van der Waals surface area contributed by atoms with Gasteiger partial charge in [-0.05, 0) is 32.4 Å². The predicted octanol–water partition coefficient (Wildman–Crippen LogP) is 4.28. The number of hydrogen-bond donors (Lipinski definition) is 0. The Morgan fingerprint density at radius 1 is 1.36 bits per heavy atom. The van der Waals surface area contributed by atoms with Crippen LogP contribution < -0.4 is 0 Å². The van der Waals surface area contributed by atoms with Crippen molar-refractivity contribution in [1.29, 1.82) is 0 Å². The van der Waals surface area contributed by atoms with Crippen LogP contribution >= 0.6 is 34.2 Å². The number of nitrogens with zero attached hydrogens (tertiary/aromatic N) is 1. The number of hydrogen-bond acceptors (Lipinski definition) is 3. The molecule has 0 aliphatic carbocycles. The van der Waals surface area contributed by atoms with E-state index in [2.05, 4.69) is 22.6 Å². The highest BCUT2D eigenvalue weighted by atomic mass is 127. The molecule has 22 heavy (non-hydrogen) atoms. The average Bonchev–Trinajstić information content (AvgIpc) is 2.78. The van der Waals surface area contributed by atoms with Crippen LogP contribution in [0.4, 0.5) is 4.79 Å². The molecule has 122 valence electrons. The number of amides is 1. The van der Waals surface area contributed by atoms with Gasteiger partial charge in [0.25, 0.3) is 0 Å². The van der Waals surface area contributed by atoms with Gasteiger partial charge in [0.15, 0.2) is 0 Å². The predicted molar refractivity (Wildman–Crippen MR) is 95.6 cm³/mol. The Hall–Kier alpha value is -0.530. The van der Waals surface area contributed by atoms with Crippen LogP contribution in [0, 0.1) is 0 Å². The number of benzene rings is 1. The van der Waals surface area contributed by atoms with Crippen LogP contribution in [0.3, 0.4) is 0 Å². The molecular weight excluding hydrogens is 417 g/mol. The first-order valence-corrected chi connectivity index (χ1v) is 8.85. The van der Waals surface area contributed by atoms with Gasteiger partial charge in [0.05, 0.1) is 23.2 Å². The maximum absolute atomic E-state index is 12.1. The summed E-state index contributed by atoms with van der Waals surface area (Å²) in [4.78, 5) is 13.8. The van der Waals surface area contributed by atoms with Crippen LogP contribution in [0.25, 0.3) is 0 Å². The quantitative estimate of drug-likeness (QED) is 0.523. The number of halogens is 2. The number of alkyl halides is 1. The standard InChI is InChI=1S/C16H21ClINO3/c1-16(2,3)22-15(20)19-8-13(18)14(9-19)21-10-11-6-4-5-7-12(11)17/h4-7,13-14H,8-10H2,1-3H3. The highest BCUT2D eigenvalue weighted by Crippen LogP contribution is 2.25. The van der Waals surface area contributed by atoms with E-state index >= 15 is 0 Å². The van der Waals surface area contributed by atoms with Crippen molar-refractivity contribution in [3.05, 3.63) is 34.9 Å². The summed E-state index contributed by atoms with van der Waals surface area (Å²) in [5.41, 5.74) is 0.484. The molecule has 1 saturated heterocycles. The van der Waals surface area contributed by atoms with E-state index in [1.807, 2.05) is 45.0 Å². The van der Waals surface area contributed by atoms with E-state index in [9.17, 15) is 4.79 Å². The maximum atomic E-state index is 12.1. The van der Waals surface area contributed by atoms with Crippen molar-refractivity contribution < 1.29 is 14.3 Å². The minimum Gasteiger partial charge on any atom is -0.444 e. The number of rotatable bonds is 3. The summed E-state index contributed by atoms with van der Waals surface area (Å²) < 4.78 is 11.6. The molecule has 1 heterocycles. The Kier molecular flexibility index (Phi) is 5.96. The van der Waals surface area contributed by atoms with E-state index in [1.54, 1.807) is 4.90 Å². The smallest absolute Gasteiger partial charge is 0.410 e. The Bertz CT molecular complexity index is 532. The summed E-state index contributed by atoms with van der Waals surface area (Å²) in [6, 6.07) is 7.63. The van der Waals surface area contributed by atoms with Gasteiger partial charge in [0.1, 0.15) is 5.60 Å². The molecule has 2 unspecified atom stereocenters. The Balaban J connectivity index is 1.89. The second-order valence-electron chi connectivity index (χ2n) is 6.34. The van der Waals surface area contributed by atoms with Crippen LogP contribution in [0.1, 0.15) is 26.3 Å². The first kappa shape index (κ1) is 17.8. The molecule has 0 radical (unpaired) electrons. The van der Waals surface area contributed by atoms with E-state index in [4.69, 9.17) is 21.1 Å². The molecule has 0 saturated carbocycles. The van der Waals surface area contributed by atoms with Crippen molar-refractivity contribution in [3.8, 4) is 0 Å². The van der Waals surface area contributed by atoms with E-state index in [1.165, 1.54) is 0 Å². The zero-order valence-electron chi connectivity index (χ0n) is 13.0. The second kappa shape index (κ2) is 7.36. The summed E-state index contributed by atoms with van der Waals surface area (Å²) in [5.74, 6) is 0. The van der Waals surface area contributed by atoms with E-state index in [0.29, 0.717) is 24.7 Å². The second-order valence-corrected chi connectivity index (χ2v) is 8.35. The fourth-order valence-electron chi connectivity index (χ4n) is 2.18. The largest absolute Gasteiger partial charge is 0.444 e. The molecule has 2 atom stereocenters. The van der Waals surface area contributed by atoms with Gasteiger partial charge in [-0.15, -0.1) is 0 Å². The molecule has 0 aromatic heterocycles. The SMILES string of the molecule is CC(C)(C)OC(=O)N1CC(I)C(OCc2ccccc2Cl)C1. The zero-order valence-corrected chi connectivity index (χ0v) is 15.9. The first-order valence-electron chi connectivity index (χ1n) is 7.23. The molecular formula is C16H21ClINO3. The Morgan fingerprint density at radius 2 is 2.05 bits per heavy atom. The summed E-state index contributed by atoms with van der Waals surface area (Å²) >= 11 is 8.46. The Labute approximate surface area is 150 Å². The van der Waals surface area contributed by atoms with Gasteiger partial charge in [-0.1, -0.05) is 52.4 Å². The lowest BCUT2D eigenvalue weighted by atomic mass is 10.2. The van der Waals surface area contributed by atoms with E-state index in [0.717, 1.165) is 5.56 Å². The molecule has 1 fully saturated rings. The molecule has 1 aliphatic heterocycles. The molecule has 4 nitrogen and oxygen atoms in total. The van der Waals surface area contributed by atoms with Crippen molar-refractivity contribution in [2.24, 2.45) is 0 Å². The van der Waals surface area contributed by atoms with Crippen LogP contribution in [-0.2, 0) is 16.1 Å². The minimum atomic E-state index is -0.478. The molecule has 1 aromatic rings. The fourth-order valence-corrected chi connectivity index (χ4v) is 3.28. The van der Waals surface area contributed by atoms with Crippen LogP contribution in [-0.4, -0.2) is 39.7 Å². The molecule has 1 aromatic carbocycles. The van der Waals surface area contributed by atoms with Crippen LogP contribution in [0.2, 0.25) is 5.02 Å². The average molecular weight is 438 g/mol. The molecule has 6 heteroatoms. The van der Waals surface area contributed by atoms with Crippen molar-refractivity contribution in [2.75, 3.05) is 13.1 Å². The number of ether oxygens (including phenoxy) is 2. The Morgan fingerprint density at radius 3 is 2.68 bits per heavy atom. The summed E-state index contributed by atoms with van der Waals surface area (Å²) in [6.07, 6.45) is -0.289. The molecule has 0 bridgehead atoms. The van der Waals surface area contributed by atoms with Crippen molar-refractivity contribution >= 4 is 40.3 Å². The van der Waals surface area contributed by atoms with Crippen LogP contribution in [0.5, 0.6) is 0 Å². The van der Waals surface area contributed by atoms with Gasteiger partial charge >= 0.3 is 6.09 Å². The van der Waals surface area contributed by atoms with Gasteiger partial charge in [-0.2, -0.15) is 0 Å². The number of carbonyl (C=O) groups excluding carboxylic acids is 1. The van der Waals surface area contributed by atoms with Gasteiger partial charge in [-0.3, -0.25) is 0 Å². The van der Waals surface area contributed by atoms with Gasteiger partial charge in [0.2, 0.25) is 0 Å². The van der Waals surface area contributed by atoms with Gasteiger partial charge in [0, 0.05) is 11.6 Å². The van der Waals surface area contributed by atoms with Crippen LogP contribution in [0.15, 0.2) is 24.3 Å². The third-order valence-corrected chi connectivity index (χ3v) is 4.83. The van der Waals surface area contributed by atoms with Crippen molar-refractivity contribution in [1.82, 2.24) is 4.90 Å². The highest BCUT2D eigenvalue weighted by molar-refractivity contribution is 14.1. The molecule has 0 spiro atoms. The first-order chi connectivity index (χ1) is 10.3. The summed E-state index contributed by atoms with van der Waals surface area (Å²) in [5, 5.41) is 0.703. The molecule has 2 rings (SSSR count). The monoisotopic (exact) mass is 437 g/mol. The summed E-state index contributed by atoms with van der Waals surface area (Å²) in [7, 11) is 0. The van der Waals surface area contributed by atoms with E-state index < -0.39 is 5.60 Å². The number of carbonyl (C=O) groups is 1. The highest BCUT2D eigenvalue weighted by Gasteiger charge is 2.36. The lowest BCUT2D eigenvalue weighted by Crippen LogP contribution is -2.36. The minimum absolute atomic E-state index is 0.00982. The maximum Gasteiger partial charge on any atom is 0.410 e. The zero-order chi connectivity index (χ0) is 16.3. The van der Waals surface area contributed by atoms with Gasteiger partial charge < -0.3 is 14.4 Å². The number of likely N-dealkylation sites (tertiary alicyclic amines) is 1. The summed E-state index contributed by atoms with van der Waals surface area (Å²) in [6.45, 7) is 7.25. The topological polar surface area (TPSA) is 38.8 Å². The lowest BCUT2D eigenvalue weighted by molar-refractivity contribution is 0.0190. The van der Waals surface area contributed by atoms with E-state index in [-0.39, 0.29) is 16.1 Å². The molecule has 0 N–H and O–H groups in total. The van der Waals surface area contributed by atoms with Gasteiger partial charge in [-0.25, -0.2) is 4.79 Å². The molecule has 1 aliphatic rings. The third-order valence-electron chi connectivity index (χ3n) is 3.26. The lowest BCUT2D eigenvalue weighted by Gasteiger charge is -2.24. The van der Waals surface area contributed by atoms with Crippen molar-refractivity contribution in [3.63, 3.8) is 0 Å². The third kappa shape index (κ3) is 4.99. The fraction of sp³-hybridized carbons (Fsp3) is 0.562. The van der Waals surface area contributed by atoms with Crippen molar-refractivity contribution in [2.45, 2.75) is 43.0 Å². The normalized spacial score (nSPS) is 22.0. The molecule has 1 amide bonds.